The van der Waals surface area contributed by atoms with E-state index in [1.165, 1.54) is 0 Å². The molecule has 1 heterocycles. The van der Waals surface area contributed by atoms with Gasteiger partial charge in [0.15, 0.2) is 11.5 Å². The van der Waals surface area contributed by atoms with Crippen molar-refractivity contribution in [2.75, 3.05) is 20.3 Å². The minimum Gasteiger partial charge on any atom is -0.493 e. The van der Waals surface area contributed by atoms with Gasteiger partial charge in [-0.2, -0.15) is 0 Å². The molecular weight excluding hydrogens is 308 g/mol. The van der Waals surface area contributed by atoms with E-state index in [-0.39, 0.29) is 11.7 Å². The first kappa shape index (κ1) is 16.1. The molecule has 2 aromatic rings. The number of ether oxygens (including phenoxy) is 3. The Morgan fingerprint density at radius 2 is 1.83 bits per heavy atom. The molecule has 5 nitrogen and oxygen atoms in total. The normalized spacial score (nSPS) is 16.1. The Morgan fingerprint density at radius 3 is 2.46 bits per heavy atom. The molecule has 1 saturated heterocycles. The van der Waals surface area contributed by atoms with Crippen LogP contribution in [0.4, 0.5) is 0 Å². The standard InChI is InChI=1S/C19H18O5/c1-22-18-10-14(6-9-17(18)24-12-16-11-23-16)3-2-13-4-7-15(8-5-13)19(20)21/h2-10,16H,11-12H2,1H3,(H,20,21). The molecule has 1 aliphatic rings. The van der Waals surface area contributed by atoms with E-state index in [1.807, 2.05) is 30.4 Å². The number of carboxylic acid groups (broad SMARTS) is 1. The first-order valence-electron chi connectivity index (χ1n) is 7.59. The van der Waals surface area contributed by atoms with Gasteiger partial charge in [0.2, 0.25) is 0 Å². The van der Waals surface area contributed by atoms with Gasteiger partial charge in [-0.3, -0.25) is 0 Å². The van der Waals surface area contributed by atoms with Gasteiger partial charge in [-0.25, -0.2) is 4.79 Å². The Morgan fingerprint density at radius 1 is 1.17 bits per heavy atom. The Kier molecular flexibility index (Phi) is 4.82. The van der Waals surface area contributed by atoms with E-state index in [1.54, 1.807) is 31.4 Å². The summed E-state index contributed by atoms with van der Waals surface area (Å²) in [6, 6.07) is 12.4. The summed E-state index contributed by atoms with van der Waals surface area (Å²) in [5.41, 5.74) is 2.16. The molecule has 1 atom stereocenters. The van der Waals surface area contributed by atoms with E-state index in [0.717, 1.165) is 17.7 Å². The second-order valence-electron chi connectivity index (χ2n) is 5.44. The quantitative estimate of drug-likeness (QED) is 0.624. The fraction of sp³-hybridized carbons (Fsp3) is 0.211. The van der Waals surface area contributed by atoms with Crippen LogP contribution in [-0.2, 0) is 4.74 Å². The molecule has 3 rings (SSSR count). The van der Waals surface area contributed by atoms with Gasteiger partial charge in [-0.1, -0.05) is 30.4 Å². The van der Waals surface area contributed by atoms with Crippen LogP contribution in [0.25, 0.3) is 12.2 Å². The van der Waals surface area contributed by atoms with Crippen LogP contribution < -0.4 is 9.47 Å². The van der Waals surface area contributed by atoms with Crippen molar-refractivity contribution in [3.63, 3.8) is 0 Å². The Hall–Kier alpha value is -2.79. The summed E-state index contributed by atoms with van der Waals surface area (Å²) in [6.45, 7) is 1.28. The Bertz CT molecular complexity index is 745. The third kappa shape index (κ3) is 4.14. The molecule has 0 bridgehead atoms. The number of epoxide rings is 1. The molecule has 0 aromatic heterocycles. The SMILES string of the molecule is COc1cc(C=Cc2ccc(C(=O)O)cc2)ccc1OCC1CO1. The third-order valence-electron chi connectivity index (χ3n) is 3.64. The molecule has 1 aliphatic heterocycles. The fourth-order valence-corrected chi connectivity index (χ4v) is 2.18. The molecule has 0 aliphatic carbocycles. The van der Waals surface area contributed by atoms with Crippen LogP contribution in [0.2, 0.25) is 0 Å². The van der Waals surface area contributed by atoms with Crippen molar-refractivity contribution in [1.82, 2.24) is 0 Å². The van der Waals surface area contributed by atoms with Crippen molar-refractivity contribution in [2.24, 2.45) is 0 Å². The van der Waals surface area contributed by atoms with Gasteiger partial charge in [0.1, 0.15) is 12.7 Å². The van der Waals surface area contributed by atoms with E-state index in [9.17, 15) is 4.79 Å². The Labute approximate surface area is 140 Å². The molecule has 0 saturated carbocycles. The topological polar surface area (TPSA) is 68.3 Å². The Balaban J connectivity index is 1.70. The highest BCUT2D eigenvalue weighted by atomic mass is 16.6. The number of rotatable bonds is 7. The first-order chi connectivity index (χ1) is 11.7. The van der Waals surface area contributed by atoms with Crippen molar-refractivity contribution >= 4 is 18.1 Å². The molecule has 5 heteroatoms. The highest BCUT2D eigenvalue weighted by Gasteiger charge is 2.23. The molecule has 124 valence electrons. The van der Waals surface area contributed by atoms with Gasteiger partial charge >= 0.3 is 5.97 Å². The van der Waals surface area contributed by atoms with Crippen LogP contribution >= 0.6 is 0 Å². The lowest BCUT2D eigenvalue weighted by molar-refractivity contribution is 0.0697. The van der Waals surface area contributed by atoms with Crippen molar-refractivity contribution < 1.29 is 24.1 Å². The van der Waals surface area contributed by atoms with Crippen LogP contribution in [0.5, 0.6) is 11.5 Å². The summed E-state index contributed by atoms with van der Waals surface area (Å²) in [5, 5.41) is 8.90. The zero-order chi connectivity index (χ0) is 16.9. The van der Waals surface area contributed by atoms with E-state index in [4.69, 9.17) is 19.3 Å². The monoisotopic (exact) mass is 326 g/mol. The van der Waals surface area contributed by atoms with Gasteiger partial charge < -0.3 is 19.3 Å². The van der Waals surface area contributed by atoms with Gasteiger partial charge in [0, 0.05) is 0 Å². The summed E-state index contributed by atoms with van der Waals surface area (Å²) in [7, 11) is 1.61. The summed E-state index contributed by atoms with van der Waals surface area (Å²) in [5.74, 6) is 0.428. The van der Waals surface area contributed by atoms with E-state index in [0.29, 0.717) is 18.1 Å². The number of carbonyl (C=O) groups is 1. The minimum atomic E-state index is -0.928. The molecule has 0 amide bonds. The second-order valence-corrected chi connectivity index (χ2v) is 5.44. The maximum Gasteiger partial charge on any atom is 0.335 e. The molecule has 0 radical (unpaired) electrons. The van der Waals surface area contributed by atoms with Crippen LogP contribution in [0, 0.1) is 0 Å². The van der Waals surface area contributed by atoms with Gasteiger partial charge in [0.05, 0.1) is 19.3 Å². The van der Waals surface area contributed by atoms with Gasteiger partial charge in [0.25, 0.3) is 0 Å². The zero-order valence-electron chi connectivity index (χ0n) is 13.3. The molecule has 1 unspecified atom stereocenters. The van der Waals surface area contributed by atoms with Crippen LogP contribution in [0.1, 0.15) is 21.5 Å². The van der Waals surface area contributed by atoms with Crippen LogP contribution in [0.15, 0.2) is 42.5 Å². The highest BCUT2D eigenvalue weighted by molar-refractivity contribution is 5.88. The van der Waals surface area contributed by atoms with Crippen LogP contribution in [-0.4, -0.2) is 37.5 Å². The van der Waals surface area contributed by atoms with Crippen molar-refractivity contribution in [3.8, 4) is 11.5 Å². The fourth-order valence-electron chi connectivity index (χ4n) is 2.18. The highest BCUT2D eigenvalue weighted by Crippen LogP contribution is 2.29. The van der Waals surface area contributed by atoms with Crippen LogP contribution in [0.3, 0.4) is 0 Å². The third-order valence-corrected chi connectivity index (χ3v) is 3.64. The van der Waals surface area contributed by atoms with Crippen molar-refractivity contribution in [3.05, 3.63) is 59.2 Å². The average molecular weight is 326 g/mol. The number of benzene rings is 2. The number of carboxylic acids is 1. The predicted octanol–water partition coefficient (Wildman–Crippen LogP) is 3.34. The molecule has 24 heavy (non-hydrogen) atoms. The predicted molar refractivity (Wildman–Crippen MR) is 90.6 cm³/mol. The lowest BCUT2D eigenvalue weighted by atomic mass is 10.1. The van der Waals surface area contributed by atoms with E-state index < -0.39 is 5.97 Å². The maximum absolute atomic E-state index is 10.8. The summed E-state index contributed by atoms with van der Waals surface area (Å²) < 4.78 is 16.2. The molecule has 0 spiro atoms. The van der Waals surface area contributed by atoms with E-state index in [2.05, 4.69) is 0 Å². The number of hydrogen-bond donors (Lipinski definition) is 1. The number of aromatic carboxylic acids is 1. The minimum absolute atomic E-state index is 0.197. The summed E-state index contributed by atoms with van der Waals surface area (Å²) in [6.07, 6.45) is 4.05. The van der Waals surface area contributed by atoms with Gasteiger partial charge in [-0.15, -0.1) is 0 Å². The molecule has 1 fully saturated rings. The molecular formula is C19H18O5. The average Bonchev–Trinajstić information content (AvgIpc) is 3.43. The number of hydrogen-bond acceptors (Lipinski definition) is 4. The van der Waals surface area contributed by atoms with Gasteiger partial charge in [-0.05, 0) is 35.4 Å². The largest absolute Gasteiger partial charge is 0.493 e. The summed E-state index contributed by atoms with van der Waals surface area (Å²) >= 11 is 0. The maximum atomic E-state index is 10.8. The smallest absolute Gasteiger partial charge is 0.335 e. The number of methoxy groups -OCH3 is 1. The summed E-state index contributed by atoms with van der Waals surface area (Å²) in [4.78, 5) is 10.8. The molecule has 2 aromatic carbocycles. The zero-order valence-corrected chi connectivity index (χ0v) is 13.3. The molecule has 1 N–H and O–H groups in total. The van der Waals surface area contributed by atoms with Crippen molar-refractivity contribution in [1.29, 1.82) is 0 Å². The van der Waals surface area contributed by atoms with Crippen molar-refractivity contribution in [2.45, 2.75) is 6.10 Å². The lowest BCUT2D eigenvalue weighted by Crippen LogP contribution is -2.05. The van der Waals surface area contributed by atoms with E-state index >= 15 is 0 Å². The first-order valence-corrected chi connectivity index (χ1v) is 7.59. The second kappa shape index (κ2) is 7.19. The lowest BCUT2D eigenvalue weighted by Gasteiger charge is -2.10.